The highest BCUT2D eigenvalue weighted by molar-refractivity contribution is 5.33. The van der Waals surface area contributed by atoms with Crippen molar-refractivity contribution in [2.75, 3.05) is 19.6 Å². The molecule has 2 aliphatic heterocycles. The predicted octanol–water partition coefficient (Wildman–Crippen LogP) is 1.47. The summed E-state index contributed by atoms with van der Waals surface area (Å²) >= 11 is 0. The van der Waals surface area contributed by atoms with Crippen LogP contribution in [0.4, 0.5) is 0 Å². The van der Waals surface area contributed by atoms with E-state index in [2.05, 4.69) is 39.8 Å². The van der Waals surface area contributed by atoms with Crippen molar-refractivity contribution < 1.29 is 0 Å². The van der Waals surface area contributed by atoms with Gasteiger partial charge in [-0.1, -0.05) is 24.3 Å². The SMILES string of the molecule is c1ccc2c(c1)CNC2N1CCNCC1C1CC1. The third-order valence-corrected chi connectivity index (χ3v) is 4.66. The third-order valence-electron chi connectivity index (χ3n) is 4.66. The first-order chi connectivity index (χ1) is 8.93. The maximum Gasteiger partial charge on any atom is 0.0870 e. The standard InChI is InChI=1S/C15H21N3/c1-2-4-13-12(3-1)9-17-15(13)18-8-7-16-10-14(18)11-5-6-11/h1-4,11,14-17H,5-10H2. The van der Waals surface area contributed by atoms with E-state index >= 15 is 0 Å². The van der Waals surface area contributed by atoms with Crippen LogP contribution in [0.2, 0.25) is 0 Å². The topological polar surface area (TPSA) is 27.3 Å². The molecule has 3 aliphatic rings. The summed E-state index contributed by atoms with van der Waals surface area (Å²) in [5.74, 6) is 0.937. The number of nitrogens with one attached hydrogen (secondary N) is 2. The molecular weight excluding hydrogens is 222 g/mol. The lowest BCUT2D eigenvalue weighted by atomic mass is 10.0. The summed E-state index contributed by atoms with van der Waals surface area (Å²) in [6.07, 6.45) is 3.31. The van der Waals surface area contributed by atoms with Crippen molar-refractivity contribution >= 4 is 0 Å². The summed E-state index contributed by atoms with van der Waals surface area (Å²) < 4.78 is 0. The van der Waals surface area contributed by atoms with E-state index in [0.29, 0.717) is 6.17 Å². The fourth-order valence-electron chi connectivity index (χ4n) is 3.55. The van der Waals surface area contributed by atoms with Crippen LogP contribution < -0.4 is 10.6 Å². The number of hydrogen-bond donors (Lipinski definition) is 2. The van der Waals surface area contributed by atoms with Gasteiger partial charge in [-0.25, -0.2) is 0 Å². The Morgan fingerprint density at radius 2 is 2.06 bits per heavy atom. The zero-order valence-corrected chi connectivity index (χ0v) is 10.7. The Balaban J connectivity index is 1.62. The average Bonchev–Trinajstić information content (AvgIpc) is 3.18. The van der Waals surface area contributed by atoms with Crippen LogP contribution >= 0.6 is 0 Å². The zero-order chi connectivity index (χ0) is 11.9. The van der Waals surface area contributed by atoms with Crippen LogP contribution in [-0.2, 0) is 6.54 Å². The molecule has 0 amide bonds. The molecule has 18 heavy (non-hydrogen) atoms. The van der Waals surface area contributed by atoms with Crippen LogP contribution in [0.3, 0.4) is 0 Å². The summed E-state index contributed by atoms with van der Waals surface area (Å²) in [6.45, 7) is 4.50. The second kappa shape index (κ2) is 4.34. The number of benzene rings is 1. The molecule has 3 heteroatoms. The van der Waals surface area contributed by atoms with E-state index in [-0.39, 0.29) is 0 Å². The summed E-state index contributed by atoms with van der Waals surface area (Å²) in [5, 5.41) is 7.27. The van der Waals surface area contributed by atoms with Crippen molar-refractivity contribution in [1.82, 2.24) is 15.5 Å². The summed E-state index contributed by atoms with van der Waals surface area (Å²) in [5.41, 5.74) is 2.99. The van der Waals surface area contributed by atoms with E-state index in [0.717, 1.165) is 25.0 Å². The van der Waals surface area contributed by atoms with Gasteiger partial charge in [-0.3, -0.25) is 10.2 Å². The summed E-state index contributed by atoms with van der Waals surface area (Å²) in [4.78, 5) is 2.71. The number of hydrogen-bond acceptors (Lipinski definition) is 3. The van der Waals surface area contributed by atoms with Crippen molar-refractivity contribution in [3.05, 3.63) is 35.4 Å². The number of rotatable bonds is 2. The zero-order valence-electron chi connectivity index (χ0n) is 10.7. The van der Waals surface area contributed by atoms with Crippen molar-refractivity contribution in [1.29, 1.82) is 0 Å². The highest BCUT2D eigenvalue weighted by Gasteiger charge is 2.41. The molecule has 0 aromatic heterocycles. The minimum absolute atomic E-state index is 0.453. The van der Waals surface area contributed by atoms with E-state index in [9.17, 15) is 0 Å². The quantitative estimate of drug-likeness (QED) is 0.824. The Labute approximate surface area is 109 Å². The Kier molecular flexibility index (Phi) is 2.64. The fourth-order valence-corrected chi connectivity index (χ4v) is 3.55. The van der Waals surface area contributed by atoms with E-state index in [1.807, 2.05) is 0 Å². The summed E-state index contributed by atoms with van der Waals surface area (Å²) in [6, 6.07) is 9.62. The van der Waals surface area contributed by atoms with Gasteiger partial charge in [0.05, 0.1) is 6.17 Å². The molecule has 0 radical (unpaired) electrons. The molecular formula is C15H21N3. The van der Waals surface area contributed by atoms with Gasteiger partial charge >= 0.3 is 0 Å². The lowest BCUT2D eigenvalue weighted by molar-refractivity contribution is 0.0782. The maximum atomic E-state index is 3.70. The normalized spacial score (nSPS) is 32.4. The van der Waals surface area contributed by atoms with E-state index in [1.165, 1.54) is 37.1 Å². The highest BCUT2D eigenvalue weighted by atomic mass is 15.3. The molecule has 4 rings (SSSR count). The Hall–Kier alpha value is -0.900. The smallest absolute Gasteiger partial charge is 0.0870 e. The van der Waals surface area contributed by atoms with E-state index < -0.39 is 0 Å². The van der Waals surface area contributed by atoms with Gasteiger partial charge in [0.1, 0.15) is 0 Å². The Morgan fingerprint density at radius 1 is 1.17 bits per heavy atom. The Bertz CT molecular complexity index is 441. The fraction of sp³-hybridized carbons (Fsp3) is 0.600. The van der Waals surface area contributed by atoms with Crippen LogP contribution in [-0.4, -0.2) is 30.6 Å². The van der Waals surface area contributed by atoms with Crippen LogP contribution in [0.1, 0.15) is 30.1 Å². The highest BCUT2D eigenvalue weighted by Crippen LogP contribution is 2.39. The van der Waals surface area contributed by atoms with E-state index in [4.69, 9.17) is 0 Å². The number of fused-ring (bicyclic) bond motifs is 1. The van der Waals surface area contributed by atoms with E-state index in [1.54, 1.807) is 0 Å². The van der Waals surface area contributed by atoms with Crippen LogP contribution in [0, 0.1) is 5.92 Å². The molecule has 3 nitrogen and oxygen atoms in total. The minimum atomic E-state index is 0.453. The minimum Gasteiger partial charge on any atom is -0.314 e. The predicted molar refractivity (Wildman–Crippen MR) is 72.1 cm³/mol. The second-order valence-electron chi connectivity index (χ2n) is 5.83. The number of nitrogens with zero attached hydrogens (tertiary/aromatic N) is 1. The maximum absolute atomic E-state index is 3.70. The molecule has 1 saturated carbocycles. The molecule has 1 aromatic carbocycles. The molecule has 96 valence electrons. The molecule has 1 aliphatic carbocycles. The van der Waals surface area contributed by atoms with Gasteiger partial charge in [0, 0.05) is 32.2 Å². The van der Waals surface area contributed by atoms with Gasteiger partial charge in [-0.2, -0.15) is 0 Å². The van der Waals surface area contributed by atoms with Crippen LogP contribution in [0.5, 0.6) is 0 Å². The van der Waals surface area contributed by atoms with Crippen molar-refractivity contribution in [3.63, 3.8) is 0 Å². The molecule has 0 bridgehead atoms. The second-order valence-corrected chi connectivity index (χ2v) is 5.83. The third kappa shape index (κ3) is 1.78. The van der Waals surface area contributed by atoms with Gasteiger partial charge in [-0.15, -0.1) is 0 Å². The number of piperazine rings is 1. The molecule has 2 heterocycles. The molecule has 2 unspecified atom stereocenters. The first kappa shape index (κ1) is 11.0. The van der Waals surface area contributed by atoms with Gasteiger partial charge in [-0.05, 0) is 29.9 Å². The first-order valence-corrected chi connectivity index (χ1v) is 7.21. The van der Waals surface area contributed by atoms with Gasteiger partial charge in [0.15, 0.2) is 0 Å². The van der Waals surface area contributed by atoms with Crippen molar-refractivity contribution in [2.24, 2.45) is 5.92 Å². The molecule has 2 atom stereocenters. The van der Waals surface area contributed by atoms with Gasteiger partial charge in [0.25, 0.3) is 0 Å². The van der Waals surface area contributed by atoms with Crippen LogP contribution in [0.15, 0.2) is 24.3 Å². The summed E-state index contributed by atoms with van der Waals surface area (Å²) in [7, 11) is 0. The largest absolute Gasteiger partial charge is 0.314 e. The first-order valence-electron chi connectivity index (χ1n) is 7.21. The molecule has 2 fully saturated rings. The molecule has 0 spiro atoms. The van der Waals surface area contributed by atoms with Crippen molar-refractivity contribution in [2.45, 2.75) is 31.6 Å². The monoisotopic (exact) mass is 243 g/mol. The van der Waals surface area contributed by atoms with Gasteiger partial charge in [0.2, 0.25) is 0 Å². The average molecular weight is 243 g/mol. The van der Waals surface area contributed by atoms with Crippen LogP contribution in [0.25, 0.3) is 0 Å². The Morgan fingerprint density at radius 3 is 2.94 bits per heavy atom. The molecule has 1 saturated heterocycles. The van der Waals surface area contributed by atoms with Crippen molar-refractivity contribution in [3.8, 4) is 0 Å². The van der Waals surface area contributed by atoms with Gasteiger partial charge < -0.3 is 5.32 Å². The lowest BCUT2D eigenvalue weighted by Gasteiger charge is -2.40. The lowest BCUT2D eigenvalue weighted by Crippen LogP contribution is -2.55. The molecule has 1 aromatic rings. The molecule has 2 N–H and O–H groups in total.